The molecule has 0 atom stereocenters. The van der Waals surface area contributed by atoms with E-state index in [0.29, 0.717) is 24.7 Å². The Morgan fingerprint density at radius 2 is 1.45 bits per heavy atom. The Hall–Kier alpha value is -3.44. The predicted molar refractivity (Wildman–Crippen MR) is 92.8 cm³/mol. The molecule has 0 saturated carbocycles. The van der Waals surface area contributed by atoms with Crippen molar-refractivity contribution in [2.75, 3.05) is 25.1 Å². The van der Waals surface area contributed by atoms with Crippen LogP contribution < -0.4 is 14.8 Å². The number of hydrogen-bond donors (Lipinski definition) is 1. The summed E-state index contributed by atoms with van der Waals surface area (Å²) in [4.78, 5) is 23.9. The van der Waals surface area contributed by atoms with Gasteiger partial charge in [-0.15, -0.1) is 0 Å². The summed E-state index contributed by atoms with van der Waals surface area (Å²) in [6.45, 7) is -0.274. The van der Waals surface area contributed by atoms with Crippen LogP contribution in [0.5, 0.6) is 11.5 Å². The summed E-state index contributed by atoms with van der Waals surface area (Å²) in [6.07, 6.45) is -10.2. The second-order valence-corrected chi connectivity index (χ2v) is 6.28. The smallest absolute Gasteiger partial charge is 0.416 e. The quantitative estimate of drug-likeness (QED) is 0.557. The summed E-state index contributed by atoms with van der Waals surface area (Å²) in [7, 11) is 0. The van der Waals surface area contributed by atoms with Crippen molar-refractivity contribution < 1.29 is 50.1 Å². The van der Waals surface area contributed by atoms with Crippen molar-refractivity contribution in [1.29, 1.82) is 0 Å². The first kappa shape index (κ1) is 22.2. The van der Waals surface area contributed by atoms with Gasteiger partial charge in [0.2, 0.25) is 0 Å². The van der Waals surface area contributed by atoms with E-state index in [1.54, 1.807) is 0 Å². The zero-order chi connectivity index (χ0) is 22.8. The lowest BCUT2D eigenvalue weighted by atomic mass is 10.0. The Labute approximate surface area is 170 Å². The number of rotatable bonds is 4. The van der Waals surface area contributed by atoms with Gasteiger partial charge in [0.25, 0.3) is 5.91 Å². The highest BCUT2D eigenvalue weighted by molar-refractivity contribution is 5.95. The van der Waals surface area contributed by atoms with E-state index in [9.17, 15) is 35.9 Å². The van der Waals surface area contributed by atoms with Gasteiger partial charge in [0, 0.05) is 11.8 Å². The minimum absolute atomic E-state index is 0.120. The number of ether oxygens (including phenoxy) is 3. The van der Waals surface area contributed by atoms with E-state index < -0.39 is 47.5 Å². The molecule has 0 saturated heterocycles. The fourth-order valence-electron chi connectivity index (χ4n) is 2.61. The summed E-state index contributed by atoms with van der Waals surface area (Å²) in [6, 6.07) is 4.75. The number of amides is 1. The summed E-state index contributed by atoms with van der Waals surface area (Å²) in [5.41, 5.74) is -4.08. The van der Waals surface area contributed by atoms with Crippen LogP contribution in [0.15, 0.2) is 36.4 Å². The largest absolute Gasteiger partial charge is 0.486 e. The first-order chi connectivity index (χ1) is 14.4. The SMILES string of the molecule is O=C(COC(=O)c1cc(C(F)(F)F)cc(C(F)(F)F)c1)Nc1ccc2c(c1)OCCO2. The molecule has 2 aromatic carbocycles. The fraction of sp³-hybridized carbons (Fsp3) is 0.263. The Balaban J connectivity index is 1.68. The van der Waals surface area contributed by atoms with Crippen LogP contribution in [0.4, 0.5) is 32.0 Å². The van der Waals surface area contributed by atoms with Crippen molar-refractivity contribution in [3.63, 3.8) is 0 Å². The molecule has 1 heterocycles. The van der Waals surface area contributed by atoms with Crippen LogP contribution in [0, 0.1) is 0 Å². The van der Waals surface area contributed by atoms with Crippen molar-refractivity contribution in [2.24, 2.45) is 0 Å². The zero-order valence-corrected chi connectivity index (χ0v) is 15.4. The number of carbonyl (C=O) groups is 2. The van der Waals surface area contributed by atoms with Crippen LogP contribution in [0.25, 0.3) is 0 Å². The van der Waals surface area contributed by atoms with Gasteiger partial charge in [0.05, 0.1) is 16.7 Å². The normalized spacial score (nSPS) is 13.5. The van der Waals surface area contributed by atoms with E-state index in [0.717, 1.165) is 0 Å². The number of nitrogens with one attached hydrogen (secondary N) is 1. The highest BCUT2D eigenvalue weighted by Crippen LogP contribution is 2.36. The van der Waals surface area contributed by atoms with Gasteiger partial charge in [-0.1, -0.05) is 0 Å². The predicted octanol–water partition coefficient (Wildman–Crippen LogP) is 4.29. The number of benzene rings is 2. The second kappa shape index (κ2) is 8.36. The molecule has 0 radical (unpaired) electrons. The zero-order valence-electron chi connectivity index (χ0n) is 15.4. The van der Waals surface area contributed by atoms with Gasteiger partial charge in [-0.05, 0) is 30.3 Å². The third-order valence-corrected chi connectivity index (χ3v) is 3.98. The van der Waals surface area contributed by atoms with Crippen LogP contribution in [0.2, 0.25) is 0 Å². The van der Waals surface area contributed by atoms with Gasteiger partial charge in [-0.25, -0.2) is 4.79 Å². The van der Waals surface area contributed by atoms with Crippen molar-refractivity contribution in [3.05, 3.63) is 53.1 Å². The number of alkyl halides is 6. The van der Waals surface area contributed by atoms with Gasteiger partial charge in [-0.2, -0.15) is 26.3 Å². The van der Waals surface area contributed by atoms with Gasteiger partial charge in [-0.3, -0.25) is 4.79 Å². The van der Waals surface area contributed by atoms with E-state index in [4.69, 9.17) is 9.47 Å². The summed E-state index contributed by atoms with van der Waals surface area (Å²) in [5, 5.41) is 2.36. The Bertz CT molecular complexity index is 970. The third kappa shape index (κ3) is 5.58. The Morgan fingerprint density at radius 3 is 2.03 bits per heavy atom. The van der Waals surface area contributed by atoms with E-state index in [1.807, 2.05) is 0 Å². The molecule has 166 valence electrons. The molecule has 6 nitrogen and oxygen atoms in total. The minimum Gasteiger partial charge on any atom is -0.486 e. The number of hydrogen-bond acceptors (Lipinski definition) is 5. The maximum absolute atomic E-state index is 12.9. The van der Waals surface area contributed by atoms with Crippen LogP contribution in [0.1, 0.15) is 21.5 Å². The number of fused-ring (bicyclic) bond motifs is 1. The molecule has 3 rings (SSSR count). The number of anilines is 1. The van der Waals surface area contributed by atoms with Gasteiger partial charge in [0.15, 0.2) is 18.1 Å². The van der Waals surface area contributed by atoms with Gasteiger partial charge in [0.1, 0.15) is 13.2 Å². The molecule has 2 aromatic rings. The lowest BCUT2D eigenvalue weighted by molar-refractivity contribution is -0.143. The molecular formula is C19H13F6NO5. The van der Waals surface area contributed by atoms with Crippen LogP contribution in [-0.4, -0.2) is 31.7 Å². The molecule has 0 bridgehead atoms. The summed E-state index contributed by atoms with van der Waals surface area (Å²) in [5.74, 6) is -1.56. The molecule has 0 spiro atoms. The molecule has 1 N–H and O–H groups in total. The Morgan fingerprint density at radius 1 is 0.871 bits per heavy atom. The summed E-state index contributed by atoms with van der Waals surface area (Å²) < 4.78 is 92.5. The molecule has 12 heteroatoms. The van der Waals surface area contributed by atoms with Crippen LogP contribution in [-0.2, 0) is 21.9 Å². The fourth-order valence-corrected chi connectivity index (χ4v) is 2.61. The number of carbonyl (C=O) groups excluding carboxylic acids is 2. The van der Waals surface area contributed by atoms with Crippen LogP contribution >= 0.6 is 0 Å². The maximum Gasteiger partial charge on any atom is 0.416 e. The molecular weight excluding hydrogens is 436 g/mol. The molecule has 1 amide bonds. The molecule has 0 aliphatic carbocycles. The first-order valence-corrected chi connectivity index (χ1v) is 8.59. The number of esters is 1. The van der Waals surface area contributed by atoms with Crippen LogP contribution in [0.3, 0.4) is 0 Å². The Kier molecular flexibility index (Phi) is 6.00. The molecule has 31 heavy (non-hydrogen) atoms. The van der Waals surface area contributed by atoms with Crippen molar-refractivity contribution in [1.82, 2.24) is 0 Å². The van der Waals surface area contributed by atoms with Crippen molar-refractivity contribution in [2.45, 2.75) is 12.4 Å². The maximum atomic E-state index is 12.9. The van der Waals surface area contributed by atoms with E-state index in [2.05, 4.69) is 10.1 Å². The second-order valence-electron chi connectivity index (χ2n) is 6.28. The van der Waals surface area contributed by atoms with E-state index >= 15 is 0 Å². The lowest BCUT2D eigenvalue weighted by Gasteiger charge is -2.19. The molecule has 0 aromatic heterocycles. The van der Waals surface area contributed by atoms with Crippen molar-refractivity contribution >= 4 is 17.6 Å². The van der Waals surface area contributed by atoms with E-state index in [1.165, 1.54) is 18.2 Å². The monoisotopic (exact) mass is 449 g/mol. The summed E-state index contributed by atoms with van der Waals surface area (Å²) >= 11 is 0. The topological polar surface area (TPSA) is 73.9 Å². The molecule has 1 aliphatic heterocycles. The van der Waals surface area contributed by atoms with Gasteiger partial charge < -0.3 is 19.5 Å². The molecule has 0 unspecified atom stereocenters. The highest BCUT2D eigenvalue weighted by atomic mass is 19.4. The highest BCUT2D eigenvalue weighted by Gasteiger charge is 2.37. The average molecular weight is 449 g/mol. The standard InChI is InChI=1S/C19H13F6NO5/c20-18(21,22)11-5-10(6-12(7-11)19(23,24)25)17(28)31-9-16(27)26-13-1-2-14-15(8-13)30-4-3-29-14/h1-2,5-8H,3-4,9H2,(H,26,27). The molecule has 1 aliphatic rings. The first-order valence-electron chi connectivity index (χ1n) is 8.59. The van der Waals surface area contributed by atoms with Crippen molar-refractivity contribution in [3.8, 4) is 11.5 Å². The minimum atomic E-state index is -5.12. The number of halogens is 6. The lowest BCUT2D eigenvalue weighted by Crippen LogP contribution is -2.22. The van der Waals surface area contributed by atoms with E-state index in [-0.39, 0.29) is 23.9 Å². The average Bonchev–Trinajstić information content (AvgIpc) is 2.70. The molecule has 0 fully saturated rings. The third-order valence-electron chi connectivity index (χ3n) is 3.98. The van der Waals surface area contributed by atoms with Gasteiger partial charge >= 0.3 is 18.3 Å².